The molecule has 1 aliphatic carbocycles. The highest BCUT2D eigenvalue weighted by molar-refractivity contribution is 7.91. The molecule has 0 spiro atoms. The summed E-state index contributed by atoms with van der Waals surface area (Å²) >= 11 is 0. The molecule has 1 saturated carbocycles. The van der Waals surface area contributed by atoms with Crippen molar-refractivity contribution in [1.29, 1.82) is 0 Å². The van der Waals surface area contributed by atoms with E-state index in [1.165, 1.54) is 18.0 Å². The number of amides is 2. The number of likely N-dealkylation sites (N-methyl/N-ethyl adjacent to an activating group) is 1. The summed E-state index contributed by atoms with van der Waals surface area (Å²) in [4.78, 5) is 39.1. The standard InChI is InChI=1S/C24H31FN2O8S/c1-26(23(29)34-15-33-22(28)17-5-3-2-4-6-17)21-14-27(24(30)35-21)18-7-8-19(20(25)13-18)16-9-11-36(31,32)12-10-16/h7-8,13,16-17,21H,2-6,9-12,14-15H2,1H3/t21-/m0/s1. The van der Waals surface area contributed by atoms with Gasteiger partial charge in [-0.1, -0.05) is 25.3 Å². The number of hydrogen-bond acceptors (Lipinski definition) is 8. The lowest BCUT2D eigenvalue weighted by Gasteiger charge is -2.24. The second-order valence-electron chi connectivity index (χ2n) is 9.52. The Labute approximate surface area is 209 Å². The summed E-state index contributed by atoms with van der Waals surface area (Å²) < 4.78 is 53.5. The number of cyclic esters (lactones) is 1. The van der Waals surface area contributed by atoms with Crippen LogP contribution in [0.25, 0.3) is 0 Å². The van der Waals surface area contributed by atoms with Crippen LogP contribution < -0.4 is 4.90 Å². The molecule has 2 amide bonds. The molecule has 0 N–H and O–H groups in total. The van der Waals surface area contributed by atoms with Gasteiger partial charge in [0.2, 0.25) is 6.79 Å². The molecule has 0 unspecified atom stereocenters. The van der Waals surface area contributed by atoms with Gasteiger partial charge in [0, 0.05) is 7.05 Å². The number of benzene rings is 1. The maximum atomic E-state index is 14.9. The lowest BCUT2D eigenvalue weighted by molar-refractivity contribution is -0.158. The molecule has 2 aliphatic heterocycles. The van der Waals surface area contributed by atoms with Crippen molar-refractivity contribution in [3.63, 3.8) is 0 Å². The molecule has 198 valence electrons. The summed E-state index contributed by atoms with van der Waals surface area (Å²) in [6.45, 7) is -0.579. The third-order valence-electron chi connectivity index (χ3n) is 7.13. The highest BCUT2D eigenvalue weighted by Gasteiger charge is 2.38. The van der Waals surface area contributed by atoms with E-state index in [0.717, 1.165) is 37.0 Å². The second kappa shape index (κ2) is 11.0. The van der Waals surface area contributed by atoms with Gasteiger partial charge in [-0.2, -0.15) is 0 Å². The fourth-order valence-electron chi connectivity index (χ4n) is 4.89. The van der Waals surface area contributed by atoms with E-state index in [1.54, 1.807) is 12.1 Å². The van der Waals surface area contributed by atoms with Gasteiger partial charge < -0.3 is 14.2 Å². The normalized spacial score (nSPS) is 22.7. The topological polar surface area (TPSA) is 120 Å². The van der Waals surface area contributed by atoms with Crippen LogP contribution in [0.3, 0.4) is 0 Å². The van der Waals surface area contributed by atoms with E-state index in [0.29, 0.717) is 18.4 Å². The molecule has 12 heteroatoms. The summed E-state index contributed by atoms with van der Waals surface area (Å²) in [6, 6.07) is 4.35. The van der Waals surface area contributed by atoms with E-state index < -0.39 is 40.9 Å². The number of ether oxygens (including phenoxy) is 3. The molecule has 36 heavy (non-hydrogen) atoms. The Hall–Kier alpha value is -2.89. The molecular weight excluding hydrogens is 495 g/mol. The van der Waals surface area contributed by atoms with E-state index in [1.807, 2.05) is 0 Å². The minimum atomic E-state index is -3.06. The monoisotopic (exact) mass is 526 g/mol. The van der Waals surface area contributed by atoms with Gasteiger partial charge in [-0.15, -0.1) is 0 Å². The first-order valence-electron chi connectivity index (χ1n) is 12.2. The van der Waals surface area contributed by atoms with Crippen LogP contribution in [0.2, 0.25) is 0 Å². The van der Waals surface area contributed by atoms with Crippen LogP contribution in [0.1, 0.15) is 56.4 Å². The molecule has 1 aromatic carbocycles. The lowest BCUT2D eigenvalue weighted by atomic mass is 9.89. The third-order valence-corrected chi connectivity index (χ3v) is 8.84. The minimum absolute atomic E-state index is 0.0290. The Morgan fingerprint density at radius 3 is 2.47 bits per heavy atom. The molecule has 0 bridgehead atoms. The van der Waals surface area contributed by atoms with Crippen molar-refractivity contribution >= 4 is 33.7 Å². The average Bonchev–Trinajstić information content (AvgIpc) is 3.25. The summed E-state index contributed by atoms with van der Waals surface area (Å²) in [5, 5.41) is 0. The Bertz CT molecular complexity index is 1090. The fraction of sp³-hybridized carbons (Fsp3) is 0.625. The quantitative estimate of drug-likeness (QED) is 0.408. The number of rotatable bonds is 6. The van der Waals surface area contributed by atoms with E-state index in [4.69, 9.17) is 14.2 Å². The summed E-state index contributed by atoms with van der Waals surface area (Å²) in [5.74, 6) is -1.22. The van der Waals surface area contributed by atoms with Crippen molar-refractivity contribution in [2.75, 3.05) is 36.8 Å². The average molecular weight is 527 g/mol. The van der Waals surface area contributed by atoms with E-state index in [2.05, 4.69) is 0 Å². The van der Waals surface area contributed by atoms with Gasteiger partial charge in [-0.25, -0.2) is 22.4 Å². The van der Waals surface area contributed by atoms with Crippen molar-refractivity contribution < 1.29 is 41.4 Å². The number of carbonyl (C=O) groups excluding carboxylic acids is 3. The Balaban J connectivity index is 1.29. The van der Waals surface area contributed by atoms with Crippen molar-refractivity contribution in [1.82, 2.24) is 4.90 Å². The van der Waals surface area contributed by atoms with E-state index >= 15 is 0 Å². The summed E-state index contributed by atoms with van der Waals surface area (Å²) in [7, 11) is -1.68. The lowest BCUT2D eigenvalue weighted by Crippen LogP contribution is -2.40. The Morgan fingerprint density at radius 2 is 1.81 bits per heavy atom. The van der Waals surface area contributed by atoms with Gasteiger partial charge >= 0.3 is 18.2 Å². The molecule has 2 heterocycles. The number of halogens is 1. The number of carbonyl (C=O) groups is 3. The van der Waals surface area contributed by atoms with Gasteiger partial charge in [-0.3, -0.25) is 14.6 Å². The molecule has 3 fully saturated rings. The van der Waals surface area contributed by atoms with Crippen molar-refractivity contribution in [3.8, 4) is 0 Å². The van der Waals surface area contributed by atoms with Crippen LogP contribution in [0, 0.1) is 11.7 Å². The minimum Gasteiger partial charge on any atom is -0.428 e. The third kappa shape index (κ3) is 6.08. The van der Waals surface area contributed by atoms with Gasteiger partial charge in [0.15, 0.2) is 6.23 Å². The molecule has 0 radical (unpaired) electrons. The highest BCUT2D eigenvalue weighted by atomic mass is 32.2. The van der Waals surface area contributed by atoms with Crippen LogP contribution in [0.5, 0.6) is 0 Å². The van der Waals surface area contributed by atoms with Gasteiger partial charge in [0.1, 0.15) is 15.7 Å². The van der Waals surface area contributed by atoms with E-state index in [9.17, 15) is 27.2 Å². The molecule has 1 aromatic rings. The predicted molar refractivity (Wildman–Crippen MR) is 126 cm³/mol. The molecule has 0 aromatic heterocycles. The number of esters is 1. The summed E-state index contributed by atoms with van der Waals surface area (Å²) in [6.07, 6.45) is 2.74. The number of nitrogens with zero attached hydrogens (tertiary/aromatic N) is 2. The molecule has 2 saturated heterocycles. The second-order valence-corrected chi connectivity index (χ2v) is 11.8. The first kappa shape index (κ1) is 26.2. The van der Waals surface area contributed by atoms with Gasteiger partial charge in [0.05, 0.1) is 29.7 Å². The SMILES string of the molecule is CN(C(=O)OCOC(=O)C1CCCCC1)[C@@H]1CN(c2ccc(C3CCS(=O)(=O)CC3)c(F)c2)C(=O)O1. The maximum absolute atomic E-state index is 14.9. The zero-order valence-electron chi connectivity index (χ0n) is 20.2. The van der Waals surface area contributed by atoms with Crippen LogP contribution in [-0.2, 0) is 28.8 Å². The summed E-state index contributed by atoms with van der Waals surface area (Å²) in [5.41, 5.74) is 0.677. The van der Waals surface area contributed by atoms with Gasteiger partial charge in [0.25, 0.3) is 0 Å². The number of sulfone groups is 1. The molecule has 10 nitrogen and oxygen atoms in total. The van der Waals surface area contributed by atoms with Crippen LogP contribution in [0.4, 0.5) is 19.7 Å². The van der Waals surface area contributed by atoms with Crippen molar-refractivity contribution in [2.45, 2.75) is 57.1 Å². The smallest absolute Gasteiger partial charge is 0.416 e. The van der Waals surface area contributed by atoms with Crippen LogP contribution in [0.15, 0.2) is 18.2 Å². The molecule has 3 aliphatic rings. The highest BCUT2D eigenvalue weighted by Crippen LogP contribution is 2.33. The Kier molecular flexibility index (Phi) is 8.01. The molecular formula is C24H31FN2O8S. The zero-order valence-corrected chi connectivity index (χ0v) is 21.0. The van der Waals surface area contributed by atoms with Crippen molar-refractivity contribution in [2.24, 2.45) is 5.92 Å². The van der Waals surface area contributed by atoms with Crippen molar-refractivity contribution in [3.05, 3.63) is 29.6 Å². The predicted octanol–water partition coefficient (Wildman–Crippen LogP) is 3.55. The van der Waals surface area contributed by atoms with Crippen LogP contribution >= 0.6 is 0 Å². The number of anilines is 1. The number of hydrogen-bond donors (Lipinski definition) is 0. The first-order chi connectivity index (χ1) is 17.1. The zero-order chi connectivity index (χ0) is 25.9. The first-order valence-corrected chi connectivity index (χ1v) is 14.0. The van der Waals surface area contributed by atoms with Gasteiger partial charge in [-0.05, 0) is 49.3 Å². The van der Waals surface area contributed by atoms with E-state index in [-0.39, 0.29) is 41.5 Å². The fourth-order valence-corrected chi connectivity index (χ4v) is 6.38. The molecule has 1 atom stereocenters. The maximum Gasteiger partial charge on any atom is 0.416 e. The molecule has 4 rings (SSSR count). The van der Waals surface area contributed by atoms with Crippen LogP contribution in [-0.4, -0.2) is 69.6 Å². The Morgan fingerprint density at radius 1 is 1.11 bits per heavy atom. The largest absolute Gasteiger partial charge is 0.428 e.